The maximum Gasteiger partial charge on any atom is 0.409 e. The largest absolute Gasteiger partial charge is 0.453 e. The fourth-order valence-electron chi connectivity index (χ4n) is 2.13. The quantitative estimate of drug-likeness (QED) is 0.895. The lowest BCUT2D eigenvalue weighted by Crippen LogP contribution is -2.35. The number of fused-ring (bicyclic) bond motifs is 1. The number of methoxy groups -OCH3 is 1. The molecule has 9 heteroatoms. The molecule has 1 N–H and O–H groups in total. The van der Waals surface area contributed by atoms with Crippen molar-refractivity contribution in [2.75, 3.05) is 19.0 Å². The lowest BCUT2D eigenvalue weighted by molar-refractivity contribution is 0.103. The zero-order valence-electron chi connectivity index (χ0n) is 11.6. The third kappa shape index (κ3) is 3.08. The van der Waals surface area contributed by atoms with Crippen molar-refractivity contribution in [3.05, 3.63) is 31.9 Å². The molecule has 0 saturated heterocycles. The van der Waals surface area contributed by atoms with Gasteiger partial charge in [0, 0.05) is 17.8 Å². The van der Waals surface area contributed by atoms with Crippen LogP contribution in [0.2, 0.25) is 4.34 Å². The van der Waals surface area contributed by atoms with E-state index in [1.54, 1.807) is 17.0 Å². The Bertz CT molecular complexity index is 728. The van der Waals surface area contributed by atoms with Gasteiger partial charge in [-0.2, -0.15) is 0 Å². The number of rotatable bonds is 2. The van der Waals surface area contributed by atoms with Gasteiger partial charge in [0.15, 0.2) is 5.13 Å². The Kier molecular flexibility index (Phi) is 4.32. The SMILES string of the molecule is COC(=O)N1CCc2nc(NC(=O)c3ccc(Cl)s3)sc2C1. The number of carbonyl (C=O) groups is 2. The Balaban J connectivity index is 1.71. The first-order chi connectivity index (χ1) is 10.6. The van der Waals surface area contributed by atoms with Crippen molar-refractivity contribution in [3.63, 3.8) is 0 Å². The highest BCUT2D eigenvalue weighted by Gasteiger charge is 2.25. The molecule has 0 atom stereocenters. The number of ether oxygens (including phenoxy) is 1. The number of thiazole rings is 1. The third-order valence-electron chi connectivity index (χ3n) is 3.18. The summed E-state index contributed by atoms with van der Waals surface area (Å²) in [4.78, 5) is 31.2. The molecule has 0 aliphatic carbocycles. The number of hydrogen-bond donors (Lipinski definition) is 1. The molecule has 0 radical (unpaired) electrons. The van der Waals surface area contributed by atoms with Gasteiger partial charge in [0.1, 0.15) is 0 Å². The smallest absolute Gasteiger partial charge is 0.409 e. The van der Waals surface area contributed by atoms with Crippen molar-refractivity contribution in [1.82, 2.24) is 9.88 Å². The number of anilines is 1. The van der Waals surface area contributed by atoms with E-state index >= 15 is 0 Å². The summed E-state index contributed by atoms with van der Waals surface area (Å²) >= 11 is 8.42. The molecule has 6 nitrogen and oxygen atoms in total. The minimum absolute atomic E-state index is 0.229. The molecule has 2 aromatic rings. The van der Waals surface area contributed by atoms with Crippen LogP contribution in [0.3, 0.4) is 0 Å². The fourth-order valence-corrected chi connectivity index (χ4v) is 4.09. The van der Waals surface area contributed by atoms with Crippen LogP contribution in [0.5, 0.6) is 0 Å². The summed E-state index contributed by atoms with van der Waals surface area (Å²) in [6.45, 7) is 1.03. The zero-order chi connectivity index (χ0) is 15.7. The van der Waals surface area contributed by atoms with E-state index in [4.69, 9.17) is 16.3 Å². The maximum atomic E-state index is 12.1. The molecule has 2 amide bonds. The molecule has 3 rings (SSSR count). The number of amides is 2. The lowest BCUT2D eigenvalue weighted by Gasteiger charge is -2.24. The van der Waals surface area contributed by atoms with Crippen LogP contribution in [0.1, 0.15) is 20.2 Å². The first-order valence-corrected chi connectivity index (χ1v) is 8.46. The molecule has 116 valence electrons. The van der Waals surface area contributed by atoms with Crippen LogP contribution >= 0.6 is 34.3 Å². The second kappa shape index (κ2) is 6.23. The van der Waals surface area contributed by atoms with E-state index in [2.05, 4.69) is 10.3 Å². The number of carbonyl (C=O) groups excluding carboxylic acids is 2. The molecule has 0 bridgehead atoms. The highest BCUT2D eigenvalue weighted by atomic mass is 35.5. The number of aromatic nitrogens is 1. The van der Waals surface area contributed by atoms with Gasteiger partial charge in [-0.25, -0.2) is 9.78 Å². The van der Waals surface area contributed by atoms with Crippen molar-refractivity contribution >= 4 is 51.4 Å². The molecule has 0 aromatic carbocycles. The third-order valence-corrected chi connectivity index (χ3v) is 5.41. The summed E-state index contributed by atoms with van der Waals surface area (Å²) in [6.07, 6.45) is 0.305. The van der Waals surface area contributed by atoms with Gasteiger partial charge in [0.2, 0.25) is 0 Å². The Hall–Kier alpha value is -1.64. The number of nitrogens with one attached hydrogen (secondary N) is 1. The Labute approximate surface area is 139 Å². The molecular weight excluding hydrogens is 346 g/mol. The van der Waals surface area contributed by atoms with Gasteiger partial charge in [0.05, 0.1) is 28.6 Å². The Morgan fingerprint density at radius 3 is 2.91 bits per heavy atom. The summed E-state index contributed by atoms with van der Waals surface area (Å²) in [5.74, 6) is -0.229. The predicted molar refractivity (Wildman–Crippen MR) is 85.9 cm³/mol. The highest BCUT2D eigenvalue weighted by Crippen LogP contribution is 2.29. The summed E-state index contributed by atoms with van der Waals surface area (Å²) in [7, 11) is 1.36. The van der Waals surface area contributed by atoms with Gasteiger partial charge in [-0.15, -0.1) is 11.3 Å². The van der Waals surface area contributed by atoms with Crippen LogP contribution in [-0.2, 0) is 17.7 Å². The molecule has 0 saturated carbocycles. The fraction of sp³-hybridized carbons (Fsp3) is 0.308. The Morgan fingerprint density at radius 2 is 2.23 bits per heavy atom. The molecule has 2 aromatic heterocycles. The van der Waals surface area contributed by atoms with Crippen molar-refractivity contribution in [1.29, 1.82) is 0 Å². The first kappa shape index (κ1) is 15.3. The molecule has 0 fully saturated rings. The van der Waals surface area contributed by atoms with Crippen LogP contribution in [0.25, 0.3) is 0 Å². The zero-order valence-corrected chi connectivity index (χ0v) is 14.0. The first-order valence-electron chi connectivity index (χ1n) is 6.45. The standard InChI is InChI=1S/C13H12ClN3O3S2/c1-20-13(19)17-5-4-7-9(6-17)22-12(15-7)16-11(18)8-2-3-10(14)21-8/h2-3H,4-6H2,1H3,(H,15,16,18). The van der Waals surface area contributed by atoms with E-state index in [0.29, 0.717) is 33.9 Å². The molecule has 1 aliphatic heterocycles. The maximum absolute atomic E-state index is 12.1. The number of thiophene rings is 1. The van der Waals surface area contributed by atoms with E-state index in [1.807, 2.05) is 0 Å². The molecule has 0 spiro atoms. The van der Waals surface area contributed by atoms with Crippen LogP contribution < -0.4 is 5.32 Å². The average Bonchev–Trinajstić information content (AvgIpc) is 3.11. The molecule has 1 aliphatic rings. The molecule has 22 heavy (non-hydrogen) atoms. The number of halogens is 1. The topological polar surface area (TPSA) is 71.5 Å². The van der Waals surface area contributed by atoms with Gasteiger partial charge in [0.25, 0.3) is 5.91 Å². The van der Waals surface area contributed by atoms with Gasteiger partial charge in [-0.05, 0) is 12.1 Å². The van der Waals surface area contributed by atoms with Gasteiger partial charge in [-0.3, -0.25) is 10.1 Å². The molecule has 3 heterocycles. The monoisotopic (exact) mass is 357 g/mol. The number of hydrogen-bond acceptors (Lipinski definition) is 6. The lowest BCUT2D eigenvalue weighted by atomic mass is 10.2. The van der Waals surface area contributed by atoms with Gasteiger partial charge >= 0.3 is 6.09 Å². The Morgan fingerprint density at radius 1 is 1.41 bits per heavy atom. The number of nitrogens with zero attached hydrogens (tertiary/aromatic N) is 2. The summed E-state index contributed by atoms with van der Waals surface area (Å²) in [5.41, 5.74) is 0.921. The van der Waals surface area contributed by atoms with Crippen molar-refractivity contribution in [2.45, 2.75) is 13.0 Å². The second-order valence-corrected chi connectivity index (χ2v) is 7.39. The van der Waals surface area contributed by atoms with E-state index in [-0.39, 0.29) is 12.0 Å². The van der Waals surface area contributed by atoms with Gasteiger partial charge in [-0.1, -0.05) is 22.9 Å². The minimum Gasteiger partial charge on any atom is -0.453 e. The van der Waals surface area contributed by atoms with Crippen LogP contribution in [0.4, 0.5) is 9.93 Å². The molecule has 0 unspecified atom stereocenters. The van der Waals surface area contributed by atoms with Crippen LogP contribution in [-0.4, -0.2) is 35.5 Å². The normalized spacial score (nSPS) is 13.6. The summed E-state index contributed by atoms with van der Waals surface area (Å²) < 4.78 is 5.29. The van der Waals surface area contributed by atoms with Crippen LogP contribution in [0, 0.1) is 0 Å². The average molecular weight is 358 g/mol. The van der Waals surface area contributed by atoms with E-state index in [1.165, 1.54) is 29.8 Å². The minimum atomic E-state index is -0.349. The highest BCUT2D eigenvalue weighted by molar-refractivity contribution is 7.18. The predicted octanol–water partition coefficient (Wildman–Crippen LogP) is 3.23. The van der Waals surface area contributed by atoms with Gasteiger partial charge < -0.3 is 9.64 Å². The van der Waals surface area contributed by atoms with E-state index < -0.39 is 0 Å². The van der Waals surface area contributed by atoms with E-state index in [9.17, 15) is 9.59 Å². The summed E-state index contributed by atoms with van der Waals surface area (Å²) in [5, 5.41) is 3.31. The van der Waals surface area contributed by atoms with Crippen molar-refractivity contribution < 1.29 is 14.3 Å². The van der Waals surface area contributed by atoms with Crippen molar-refractivity contribution in [2.24, 2.45) is 0 Å². The van der Waals surface area contributed by atoms with E-state index in [0.717, 1.165) is 10.6 Å². The van der Waals surface area contributed by atoms with Crippen molar-refractivity contribution in [3.8, 4) is 0 Å². The second-order valence-electron chi connectivity index (χ2n) is 4.59. The van der Waals surface area contributed by atoms with Crippen LogP contribution in [0.15, 0.2) is 12.1 Å². The summed E-state index contributed by atoms with van der Waals surface area (Å²) in [6, 6.07) is 3.36. The molecular formula is C13H12ClN3O3S2.